The summed E-state index contributed by atoms with van der Waals surface area (Å²) >= 11 is 6.14. The molecule has 0 aliphatic carbocycles. The zero-order chi connectivity index (χ0) is 13.1. The fourth-order valence-electron chi connectivity index (χ4n) is 1.77. The monoisotopic (exact) mass is 261 g/mol. The maximum Gasteiger partial charge on any atom is 0.138 e. The lowest BCUT2D eigenvalue weighted by Gasteiger charge is -2.16. The topological polar surface area (TPSA) is 35.2 Å². The molecule has 0 radical (unpaired) electrons. The normalized spacial score (nSPS) is 12.2. The van der Waals surface area contributed by atoms with Crippen LogP contribution in [0.3, 0.4) is 0 Å². The number of rotatable bonds is 3. The van der Waals surface area contributed by atoms with Crippen molar-refractivity contribution in [3.05, 3.63) is 58.6 Å². The number of aryl methyl sites for hydroxylation is 1. The van der Waals surface area contributed by atoms with Crippen molar-refractivity contribution in [2.75, 3.05) is 5.73 Å². The average molecular weight is 262 g/mol. The second-order valence-electron chi connectivity index (χ2n) is 4.36. The van der Waals surface area contributed by atoms with Crippen LogP contribution < -0.4 is 10.5 Å². The van der Waals surface area contributed by atoms with Gasteiger partial charge >= 0.3 is 0 Å². The molecule has 0 amide bonds. The van der Waals surface area contributed by atoms with E-state index in [9.17, 15) is 0 Å². The molecular formula is C15H16ClNO. The van der Waals surface area contributed by atoms with Crippen LogP contribution in [0.1, 0.15) is 24.2 Å². The smallest absolute Gasteiger partial charge is 0.138 e. The Balaban J connectivity index is 2.18. The van der Waals surface area contributed by atoms with Gasteiger partial charge in [-0.25, -0.2) is 0 Å². The summed E-state index contributed by atoms with van der Waals surface area (Å²) in [6, 6.07) is 13.4. The molecule has 2 aromatic carbocycles. The predicted molar refractivity (Wildman–Crippen MR) is 76.1 cm³/mol. The first-order chi connectivity index (χ1) is 8.56. The highest BCUT2D eigenvalue weighted by atomic mass is 35.5. The van der Waals surface area contributed by atoms with Gasteiger partial charge in [0, 0.05) is 5.69 Å². The van der Waals surface area contributed by atoms with Gasteiger partial charge in [-0.2, -0.15) is 0 Å². The Morgan fingerprint density at radius 1 is 1.17 bits per heavy atom. The van der Waals surface area contributed by atoms with E-state index in [4.69, 9.17) is 22.1 Å². The third-order valence-electron chi connectivity index (χ3n) is 2.77. The minimum atomic E-state index is -0.0892. The van der Waals surface area contributed by atoms with Gasteiger partial charge in [0.15, 0.2) is 0 Å². The van der Waals surface area contributed by atoms with Crippen molar-refractivity contribution in [1.82, 2.24) is 0 Å². The minimum Gasteiger partial charge on any atom is -0.484 e. The van der Waals surface area contributed by atoms with E-state index in [1.807, 2.05) is 56.3 Å². The van der Waals surface area contributed by atoms with Crippen molar-refractivity contribution in [2.45, 2.75) is 20.0 Å². The van der Waals surface area contributed by atoms with Gasteiger partial charge in [-0.05, 0) is 49.2 Å². The summed E-state index contributed by atoms with van der Waals surface area (Å²) in [6.45, 7) is 3.97. The maximum atomic E-state index is 6.14. The average Bonchev–Trinajstić information content (AvgIpc) is 2.32. The SMILES string of the molecule is Cc1ccc(OC(C)c2cccc(N)c2)c(Cl)c1. The Morgan fingerprint density at radius 3 is 2.61 bits per heavy atom. The summed E-state index contributed by atoms with van der Waals surface area (Å²) in [4.78, 5) is 0. The largest absolute Gasteiger partial charge is 0.484 e. The van der Waals surface area contributed by atoms with Gasteiger partial charge in [-0.15, -0.1) is 0 Å². The van der Waals surface area contributed by atoms with Crippen LogP contribution >= 0.6 is 11.6 Å². The van der Waals surface area contributed by atoms with Crippen LogP contribution in [-0.2, 0) is 0 Å². The summed E-state index contributed by atoms with van der Waals surface area (Å²) in [5.74, 6) is 0.692. The molecule has 2 rings (SSSR count). The summed E-state index contributed by atoms with van der Waals surface area (Å²) < 4.78 is 5.85. The molecule has 0 saturated carbocycles. The van der Waals surface area contributed by atoms with E-state index < -0.39 is 0 Å². The molecule has 0 heterocycles. The first-order valence-corrected chi connectivity index (χ1v) is 6.22. The molecule has 0 spiro atoms. The number of hydrogen-bond donors (Lipinski definition) is 1. The van der Waals surface area contributed by atoms with E-state index in [2.05, 4.69) is 0 Å². The molecule has 0 aliphatic heterocycles. The number of ether oxygens (including phenoxy) is 1. The van der Waals surface area contributed by atoms with Crippen molar-refractivity contribution >= 4 is 17.3 Å². The summed E-state index contributed by atoms with van der Waals surface area (Å²) in [5, 5.41) is 0.630. The van der Waals surface area contributed by atoms with Crippen molar-refractivity contribution in [3.8, 4) is 5.75 Å². The molecule has 0 bridgehead atoms. The Labute approximate surface area is 112 Å². The van der Waals surface area contributed by atoms with E-state index >= 15 is 0 Å². The number of halogens is 1. The van der Waals surface area contributed by atoms with Crippen LogP contribution in [0.25, 0.3) is 0 Å². The molecule has 2 nitrogen and oxygen atoms in total. The van der Waals surface area contributed by atoms with E-state index in [1.54, 1.807) is 0 Å². The number of nitrogen functional groups attached to an aromatic ring is 1. The molecule has 0 aliphatic rings. The van der Waals surface area contributed by atoms with Crippen LogP contribution in [0, 0.1) is 6.92 Å². The van der Waals surface area contributed by atoms with E-state index in [0.717, 1.165) is 16.8 Å². The van der Waals surface area contributed by atoms with E-state index in [0.29, 0.717) is 10.8 Å². The predicted octanol–water partition coefficient (Wildman–Crippen LogP) is 4.37. The molecular weight excluding hydrogens is 246 g/mol. The molecule has 0 aromatic heterocycles. The van der Waals surface area contributed by atoms with Crippen LogP contribution in [0.15, 0.2) is 42.5 Å². The van der Waals surface area contributed by atoms with Gasteiger partial charge in [0.2, 0.25) is 0 Å². The van der Waals surface area contributed by atoms with Gasteiger partial charge < -0.3 is 10.5 Å². The molecule has 94 valence electrons. The van der Waals surface area contributed by atoms with Crippen LogP contribution in [0.2, 0.25) is 5.02 Å². The van der Waals surface area contributed by atoms with Gasteiger partial charge in [-0.3, -0.25) is 0 Å². The van der Waals surface area contributed by atoms with Crippen LogP contribution in [-0.4, -0.2) is 0 Å². The fraction of sp³-hybridized carbons (Fsp3) is 0.200. The van der Waals surface area contributed by atoms with Crippen molar-refractivity contribution in [1.29, 1.82) is 0 Å². The van der Waals surface area contributed by atoms with Crippen LogP contribution in [0.4, 0.5) is 5.69 Å². The van der Waals surface area contributed by atoms with Crippen molar-refractivity contribution in [3.63, 3.8) is 0 Å². The Morgan fingerprint density at radius 2 is 1.94 bits per heavy atom. The lowest BCUT2D eigenvalue weighted by atomic mass is 10.1. The first kappa shape index (κ1) is 12.8. The van der Waals surface area contributed by atoms with Gasteiger partial charge in [0.05, 0.1) is 5.02 Å². The zero-order valence-electron chi connectivity index (χ0n) is 10.5. The molecule has 0 fully saturated rings. The molecule has 1 unspecified atom stereocenters. The third-order valence-corrected chi connectivity index (χ3v) is 3.07. The fourth-order valence-corrected chi connectivity index (χ4v) is 2.05. The Hall–Kier alpha value is -1.67. The summed E-state index contributed by atoms with van der Waals surface area (Å²) in [6.07, 6.45) is -0.0892. The highest BCUT2D eigenvalue weighted by Crippen LogP contribution is 2.30. The second kappa shape index (κ2) is 5.32. The zero-order valence-corrected chi connectivity index (χ0v) is 11.2. The highest BCUT2D eigenvalue weighted by Gasteiger charge is 2.10. The highest BCUT2D eigenvalue weighted by molar-refractivity contribution is 6.32. The third kappa shape index (κ3) is 2.96. The van der Waals surface area contributed by atoms with Crippen molar-refractivity contribution in [2.24, 2.45) is 0 Å². The van der Waals surface area contributed by atoms with E-state index in [1.165, 1.54) is 0 Å². The molecule has 1 atom stereocenters. The molecule has 2 N–H and O–H groups in total. The summed E-state index contributed by atoms with van der Waals surface area (Å²) in [5.41, 5.74) is 8.64. The number of benzene rings is 2. The molecule has 0 saturated heterocycles. The quantitative estimate of drug-likeness (QED) is 0.833. The van der Waals surface area contributed by atoms with Gasteiger partial charge in [0.1, 0.15) is 11.9 Å². The lowest BCUT2D eigenvalue weighted by molar-refractivity contribution is 0.227. The van der Waals surface area contributed by atoms with Crippen molar-refractivity contribution < 1.29 is 4.74 Å². The number of anilines is 1. The number of hydrogen-bond acceptors (Lipinski definition) is 2. The Bertz CT molecular complexity index is 554. The molecule has 18 heavy (non-hydrogen) atoms. The summed E-state index contributed by atoms with van der Waals surface area (Å²) in [7, 11) is 0. The molecule has 2 aromatic rings. The van der Waals surface area contributed by atoms with Gasteiger partial charge in [0.25, 0.3) is 0 Å². The number of nitrogens with two attached hydrogens (primary N) is 1. The van der Waals surface area contributed by atoms with Crippen LogP contribution in [0.5, 0.6) is 5.75 Å². The standard InChI is InChI=1S/C15H16ClNO/c1-10-6-7-15(14(16)8-10)18-11(2)12-4-3-5-13(17)9-12/h3-9,11H,17H2,1-2H3. The Kier molecular flexibility index (Phi) is 3.78. The first-order valence-electron chi connectivity index (χ1n) is 5.84. The minimum absolute atomic E-state index is 0.0892. The second-order valence-corrected chi connectivity index (χ2v) is 4.77. The lowest BCUT2D eigenvalue weighted by Crippen LogP contribution is -2.04. The maximum absolute atomic E-state index is 6.14. The van der Waals surface area contributed by atoms with E-state index in [-0.39, 0.29) is 6.10 Å². The molecule has 3 heteroatoms. The van der Waals surface area contributed by atoms with Gasteiger partial charge in [-0.1, -0.05) is 29.8 Å².